The molecule has 3 nitrogen and oxygen atoms in total. The van der Waals surface area contributed by atoms with E-state index >= 15 is 0 Å². The third kappa shape index (κ3) is 4.94. The number of hydrogen-bond donors (Lipinski definition) is 1. The molecule has 0 fully saturated rings. The summed E-state index contributed by atoms with van der Waals surface area (Å²) < 4.78 is 0. The molecule has 0 saturated carbocycles. The predicted octanol–water partition coefficient (Wildman–Crippen LogP) is 5.49. The van der Waals surface area contributed by atoms with E-state index in [9.17, 15) is 4.79 Å². The Morgan fingerprint density at radius 2 is 1.76 bits per heavy atom. The highest BCUT2D eigenvalue weighted by atomic mass is 32.2. The fourth-order valence-electron chi connectivity index (χ4n) is 2.43. The molecule has 0 aliphatic carbocycles. The van der Waals surface area contributed by atoms with E-state index in [1.165, 1.54) is 9.77 Å². The summed E-state index contributed by atoms with van der Waals surface area (Å²) >= 11 is 3.25. The Labute approximate surface area is 156 Å². The molecular formula is C20H20N2OS2. The van der Waals surface area contributed by atoms with Gasteiger partial charge in [-0.1, -0.05) is 55.5 Å². The van der Waals surface area contributed by atoms with Gasteiger partial charge in [0.15, 0.2) is 5.13 Å². The van der Waals surface area contributed by atoms with Gasteiger partial charge < -0.3 is 5.32 Å². The summed E-state index contributed by atoms with van der Waals surface area (Å²) in [5, 5.41) is 3.63. The lowest BCUT2D eigenvalue weighted by Gasteiger charge is -2.02. The summed E-state index contributed by atoms with van der Waals surface area (Å²) in [6, 6.07) is 20.2. The standard InChI is InChI=1S/C20H20N2OS2/c1-2-17-19(15-9-5-3-6-10-15)22-20(25-17)21-18(23)13-14-24-16-11-7-4-8-12-16/h3-12H,2,13-14H2,1H3,(H,21,22,23). The van der Waals surface area contributed by atoms with Crippen LogP contribution in [0.4, 0.5) is 5.13 Å². The number of thioether (sulfide) groups is 1. The molecule has 0 atom stereocenters. The Balaban J connectivity index is 1.59. The third-order valence-corrected chi connectivity index (χ3v) is 5.78. The van der Waals surface area contributed by atoms with Gasteiger partial charge in [0.25, 0.3) is 0 Å². The Morgan fingerprint density at radius 3 is 2.44 bits per heavy atom. The van der Waals surface area contributed by atoms with Gasteiger partial charge in [-0.25, -0.2) is 4.98 Å². The number of hydrogen-bond acceptors (Lipinski definition) is 4. The average Bonchev–Trinajstić information content (AvgIpc) is 3.06. The first-order valence-corrected chi connectivity index (χ1v) is 10.1. The minimum Gasteiger partial charge on any atom is -0.302 e. The Morgan fingerprint density at radius 1 is 1.08 bits per heavy atom. The number of anilines is 1. The molecule has 3 aromatic rings. The summed E-state index contributed by atoms with van der Waals surface area (Å²) in [5.41, 5.74) is 2.07. The van der Waals surface area contributed by atoms with Crippen LogP contribution in [0.5, 0.6) is 0 Å². The summed E-state index contributed by atoms with van der Waals surface area (Å²) in [4.78, 5) is 19.2. The first-order chi connectivity index (χ1) is 12.3. The number of amides is 1. The van der Waals surface area contributed by atoms with Crippen LogP contribution in [0.2, 0.25) is 0 Å². The van der Waals surface area contributed by atoms with Crippen molar-refractivity contribution in [2.45, 2.75) is 24.7 Å². The smallest absolute Gasteiger partial charge is 0.226 e. The highest BCUT2D eigenvalue weighted by molar-refractivity contribution is 7.99. The monoisotopic (exact) mass is 368 g/mol. The Kier molecular flexibility index (Phi) is 6.25. The van der Waals surface area contributed by atoms with E-state index in [0.29, 0.717) is 11.6 Å². The minimum atomic E-state index is 0.0134. The van der Waals surface area contributed by atoms with E-state index in [2.05, 4.69) is 41.5 Å². The number of carbonyl (C=O) groups excluding carboxylic acids is 1. The molecule has 5 heteroatoms. The SMILES string of the molecule is CCc1sc(NC(=O)CCSc2ccccc2)nc1-c1ccccc1. The maximum atomic E-state index is 12.2. The second kappa shape index (κ2) is 8.83. The third-order valence-electron chi connectivity index (χ3n) is 3.65. The maximum absolute atomic E-state index is 12.2. The lowest BCUT2D eigenvalue weighted by molar-refractivity contribution is -0.115. The minimum absolute atomic E-state index is 0.0134. The van der Waals surface area contributed by atoms with Crippen LogP contribution in [0.15, 0.2) is 65.6 Å². The molecule has 2 aromatic carbocycles. The van der Waals surface area contributed by atoms with Crippen LogP contribution in [0.25, 0.3) is 11.3 Å². The molecule has 3 rings (SSSR count). The number of carbonyl (C=O) groups is 1. The number of benzene rings is 2. The molecule has 0 unspecified atom stereocenters. The number of rotatable bonds is 7. The van der Waals surface area contributed by atoms with Gasteiger partial charge in [0.2, 0.25) is 5.91 Å². The molecule has 0 spiro atoms. The number of aromatic nitrogens is 1. The van der Waals surface area contributed by atoms with Gasteiger partial charge >= 0.3 is 0 Å². The number of aryl methyl sites for hydroxylation is 1. The van der Waals surface area contributed by atoms with Gasteiger partial charge in [-0.15, -0.1) is 23.1 Å². The van der Waals surface area contributed by atoms with Crippen molar-refractivity contribution < 1.29 is 4.79 Å². The molecule has 1 amide bonds. The second-order valence-corrected chi connectivity index (χ2v) is 7.72. The molecule has 1 N–H and O–H groups in total. The fraction of sp³-hybridized carbons (Fsp3) is 0.200. The van der Waals surface area contributed by atoms with Crippen molar-refractivity contribution in [1.29, 1.82) is 0 Å². The molecule has 0 saturated heterocycles. The van der Waals surface area contributed by atoms with Crippen molar-refractivity contribution in [1.82, 2.24) is 4.98 Å². The van der Waals surface area contributed by atoms with Crippen molar-refractivity contribution in [3.63, 3.8) is 0 Å². The Hall–Kier alpha value is -2.11. The molecule has 0 aliphatic heterocycles. The van der Waals surface area contributed by atoms with Crippen molar-refractivity contribution in [2.75, 3.05) is 11.1 Å². The maximum Gasteiger partial charge on any atom is 0.226 e. The topological polar surface area (TPSA) is 42.0 Å². The number of nitrogens with zero attached hydrogens (tertiary/aromatic N) is 1. The molecule has 0 aliphatic rings. The molecule has 1 aromatic heterocycles. The molecule has 0 bridgehead atoms. The van der Waals surface area contributed by atoms with E-state index < -0.39 is 0 Å². The zero-order valence-corrected chi connectivity index (χ0v) is 15.7. The highest BCUT2D eigenvalue weighted by Gasteiger charge is 2.13. The van der Waals surface area contributed by atoms with E-state index in [1.54, 1.807) is 23.1 Å². The largest absolute Gasteiger partial charge is 0.302 e. The van der Waals surface area contributed by atoms with Crippen LogP contribution >= 0.6 is 23.1 Å². The molecule has 128 valence electrons. The van der Waals surface area contributed by atoms with E-state index in [4.69, 9.17) is 0 Å². The van der Waals surface area contributed by atoms with E-state index in [1.807, 2.05) is 36.4 Å². The van der Waals surface area contributed by atoms with Gasteiger partial charge in [0.05, 0.1) is 5.69 Å². The van der Waals surface area contributed by atoms with Crippen molar-refractivity contribution in [3.05, 3.63) is 65.5 Å². The lowest BCUT2D eigenvalue weighted by atomic mass is 10.1. The van der Waals surface area contributed by atoms with Crippen LogP contribution in [0.1, 0.15) is 18.2 Å². The molecular weight excluding hydrogens is 348 g/mol. The van der Waals surface area contributed by atoms with E-state index in [0.717, 1.165) is 23.4 Å². The Bertz CT molecular complexity index is 816. The van der Waals surface area contributed by atoms with Crippen molar-refractivity contribution in [2.24, 2.45) is 0 Å². The molecule has 25 heavy (non-hydrogen) atoms. The normalized spacial score (nSPS) is 10.6. The first kappa shape index (κ1) is 17.7. The predicted molar refractivity (Wildman–Crippen MR) is 107 cm³/mol. The number of thiazole rings is 1. The second-order valence-electron chi connectivity index (χ2n) is 5.47. The summed E-state index contributed by atoms with van der Waals surface area (Å²) in [7, 11) is 0. The molecule has 0 radical (unpaired) electrons. The van der Waals surface area contributed by atoms with Gasteiger partial charge in [-0.3, -0.25) is 4.79 Å². The van der Waals surface area contributed by atoms with Crippen LogP contribution in [0.3, 0.4) is 0 Å². The molecule has 1 heterocycles. The number of nitrogens with one attached hydrogen (secondary N) is 1. The van der Waals surface area contributed by atoms with Crippen LogP contribution in [0, 0.1) is 0 Å². The fourth-order valence-corrected chi connectivity index (χ4v) is 4.24. The van der Waals surface area contributed by atoms with Gasteiger partial charge in [0.1, 0.15) is 0 Å². The van der Waals surface area contributed by atoms with Crippen molar-refractivity contribution in [3.8, 4) is 11.3 Å². The highest BCUT2D eigenvalue weighted by Crippen LogP contribution is 2.31. The lowest BCUT2D eigenvalue weighted by Crippen LogP contribution is -2.11. The average molecular weight is 369 g/mol. The zero-order chi connectivity index (χ0) is 17.5. The van der Waals surface area contributed by atoms with Crippen molar-refractivity contribution >= 4 is 34.1 Å². The van der Waals surface area contributed by atoms with Crippen LogP contribution in [-0.4, -0.2) is 16.6 Å². The van der Waals surface area contributed by atoms with Gasteiger partial charge in [-0.2, -0.15) is 0 Å². The quantitative estimate of drug-likeness (QED) is 0.560. The zero-order valence-electron chi connectivity index (χ0n) is 14.1. The first-order valence-electron chi connectivity index (χ1n) is 8.29. The van der Waals surface area contributed by atoms with Crippen LogP contribution in [-0.2, 0) is 11.2 Å². The summed E-state index contributed by atoms with van der Waals surface area (Å²) in [6.07, 6.45) is 1.38. The van der Waals surface area contributed by atoms with Gasteiger partial charge in [0, 0.05) is 27.5 Å². The van der Waals surface area contributed by atoms with E-state index in [-0.39, 0.29) is 5.91 Å². The van der Waals surface area contributed by atoms with Gasteiger partial charge in [-0.05, 0) is 18.6 Å². The van der Waals surface area contributed by atoms with Crippen LogP contribution < -0.4 is 5.32 Å². The summed E-state index contributed by atoms with van der Waals surface area (Å²) in [6.45, 7) is 2.11. The summed E-state index contributed by atoms with van der Waals surface area (Å²) in [5.74, 6) is 0.771.